The van der Waals surface area contributed by atoms with Crippen molar-refractivity contribution in [3.63, 3.8) is 0 Å². The average Bonchev–Trinajstić information content (AvgIpc) is 2.99. The van der Waals surface area contributed by atoms with E-state index in [2.05, 4.69) is 20.1 Å². The maximum Gasteiger partial charge on any atom is 0.337 e. The topological polar surface area (TPSA) is 85.6 Å². The zero-order chi connectivity index (χ0) is 15.5. The number of benzene rings is 1. The van der Waals surface area contributed by atoms with Crippen LogP contribution in [0.4, 0.5) is 5.69 Å². The van der Waals surface area contributed by atoms with Gasteiger partial charge in [0, 0.05) is 18.1 Å². The van der Waals surface area contributed by atoms with Crippen LogP contribution < -0.4 is 5.32 Å². The number of carbonyl (C=O) groups excluding carboxylic acids is 2. The smallest absolute Gasteiger partial charge is 0.337 e. The van der Waals surface area contributed by atoms with E-state index < -0.39 is 5.97 Å². The molecule has 0 fully saturated rings. The van der Waals surface area contributed by atoms with E-state index in [1.54, 1.807) is 42.7 Å². The number of carbonyl (C=O) groups is 2. The van der Waals surface area contributed by atoms with E-state index in [4.69, 9.17) is 0 Å². The fraction of sp³-hybridized carbons (Fsp3) is 0.0667. The Balaban J connectivity index is 1.81. The van der Waals surface area contributed by atoms with Crippen LogP contribution in [0.5, 0.6) is 0 Å². The molecule has 2 aromatic heterocycles. The Kier molecular flexibility index (Phi) is 3.53. The molecular weight excluding hydrogens is 284 g/mol. The first-order valence-electron chi connectivity index (χ1n) is 6.47. The van der Waals surface area contributed by atoms with E-state index in [9.17, 15) is 9.59 Å². The second kappa shape index (κ2) is 5.65. The number of amides is 1. The van der Waals surface area contributed by atoms with Crippen LogP contribution in [0, 0.1) is 0 Å². The van der Waals surface area contributed by atoms with Crippen LogP contribution in [-0.2, 0) is 4.74 Å². The molecule has 0 unspecified atom stereocenters. The minimum absolute atomic E-state index is 0.320. The van der Waals surface area contributed by atoms with Crippen LogP contribution >= 0.6 is 0 Å². The van der Waals surface area contributed by atoms with E-state index >= 15 is 0 Å². The van der Waals surface area contributed by atoms with Gasteiger partial charge >= 0.3 is 5.97 Å². The lowest BCUT2D eigenvalue weighted by Gasteiger charge is -2.05. The summed E-state index contributed by atoms with van der Waals surface area (Å²) in [4.78, 5) is 27.8. The molecule has 7 heteroatoms. The van der Waals surface area contributed by atoms with Gasteiger partial charge in [0.15, 0.2) is 5.65 Å². The number of ether oxygens (including phenoxy) is 1. The molecule has 7 nitrogen and oxygen atoms in total. The highest BCUT2D eigenvalue weighted by molar-refractivity contribution is 6.08. The summed E-state index contributed by atoms with van der Waals surface area (Å²) in [5.41, 5.74) is 1.83. The van der Waals surface area contributed by atoms with Crippen molar-refractivity contribution in [3.8, 4) is 0 Å². The molecule has 1 aromatic carbocycles. The Morgan fingerprint density at radius 1 is 1.23 bits per heavy atom. The third-order valence-electron chi connectivity index (χ3n) is 3.09. The van der Waals surface area contributed by atoms with Gasteiger partial charge in [0.05, 0.1) is 18.9 Å². The summed E-state index contributed by atoms with van der Waals surface area (Å²) in [7, 11) is 1.32. The van der Waals surface area contributed by atoms with E-state index in [1.807, 2.05) is 0 Å². The zero-order valence-corrected chi connectivity index (χ0v) is 11.7. The van der Waals surface area contributed by atoms with Gasteiger partial charge in [0.1, 0.15) is 5.56 Å². The quantitative estimate of drug-likeness (QED) is 0.744. The van der Waals surface area contributed by atoms with Crippen molar-refractivity contribution in [2.45, 2.75) is 0 Å². The summed E-state index contributed by atoms with van der Waals surface area (Å²) < 4.78 is 6.14. The predicted octanol–water partition coefficient (Wildman–Crippen LogP) is 1.77. The lowest BCUT2D eigenvalue weighted by Crippen LogP contribution is -2.12. The first-order valence-corrected chi connectivity index (χ1v) is 6.47. The lowest BCUT2D eigenvalue weighted by atomic mass is 10.2. The van der Waals surface area contributed by atoms with Gasteiger partial charge < -0.3 is 10.1 Å². The number of esters is 1. The molecule has 0 aliphatic heterocycles. The minimum atomic E-state index is -0.426. The Bertz CT molecular complexity index is 839. The van der Waals surface area contributed by atoms with E-state index in [1.165, 1.54) is 17.8 Å². The number of methoxy groups -OCH3 is 1. The fourth-order valence-corrected chi connectivity index (χ4v) is 1.99. The molecule has 0 spiro atoms. The Morgan fingerprint density at radius 3 is 2.73 bits per heavy atom. The van der Waals surface area contributed by atoms with E-state index in [0.29, 0.717) is 22.5 Å². The van der Waals surface area contributed by atoms with Gasteiger partial charge in [-0.15, -0.1) is 0 Å². The molecule has 22 heavy (non-hydrogen) atoms. The SMILES string of the molecule is COC(=O)c1ccc(NC(=O)c2cnn3cccnc23)cc1. The van der Waals surface area contributed by atoms with Crippen molar-refractivity contribution < 1.29 is 14.3 Å². The molecule has 0 aliphatic carbocycles. The molecule has 1 N–H and O–H groups in total. The van der Waals surface area contributed by atoms with Gasteiger partial charge in [-0.2, -0.15) is 5.10 Å². The van der Waals surface area contributed by atoms with E-state index in [-0.39, 0.29) is 5.91 Å². The van der Waals surface area contributed by atoms with Crippen LogP contribution in [0.15, 0.2) is 48.9 Å². The summed E-state index contributed by atoms with van der Waals surface area (Å²) in [6.07, 6.45) is 4.77. The predicted molar refractivity (Wildman–Crippen MR) is 78.7 cm³/mol. The number of anilines is 1. The largest absolute Gasteiger partial charge is 0.465 e. The number of nitrogens with one attached hydrogen (secondary N) is 1. The molecule has 2 heterocycles. The number of hydrogen-bond acceptors (Lipinski definition) is 5. The number of rotatable bonds is 3. The monoisotopic (exact) mass is 296 g/mol. The molecule has 0 atom stereocenters. The standard InChI is InChI=1S/C15H12N4O3/c1-22-15(21)10-3-5-11(6-4-10)18-14(20)12-9-17-19-8-2-7-16-13(12)19/h2-9H,1H3,(H,18,20). The third-order valence-corrected chi connectivity index (χ3v) is 3.09. The second-order valence-electron chi connectivity index (χ2n) is 4.47. The normalized spacial score (nSPS) is 10.4. The van der Waals surface area contributed by atoms with Gasteiger partial charge in [-0.3, -0.25) is 4.79 Å². The first kappa shape index (κ1) is 13.7. The van der Waals surface area contributed by atoms with Gasteiger partial charge in [-0.1, -0.05) is 0 Å². The van der Waals surface area contributed by atoms with Crippen LogP contribution in [0.2, 0.25) is 0 Å². The molecule has 3 aromatic rings. The highest BCUT2D eigenvalue weighted by Crippen LogP contribution is 2.14. The second-order valence-corrected chi connectivity index (χ2v) is 4.47. The maximum absolute atomic E-state index is 12.3. The molecule has 0 radical (unpaired) electrons. The molecular formula is C15H12N4O3. The van der Waals surface area contributed by atoms with Crippen LogP contribution in [0.25, 0.3) is 5.65 Å². The van der Waals surface area contributed by atoms with Crippen molar-refractivity contribution in [1.29, 1.82) is 0 Å². The minimum Gasteiger partial charge on any atom is -0.465 e. The average molecular weight is 296 g/mol. The Morgan fingerprint density at radius 2 is 2.00 bits per heavy atom. The molecule has 0 saturated carbocycles. The summed E-state index contributed by atoms with van der Waals surface area (Å²) >= 11 is 0. The molecule has 0 bridgehead atoms. The summed E-state index contributed by atoms with van der Waals surface area (Å²) in [5, 5.41) is 6.80. The molecule has 0 aliphatic rings. The van der Waals surface area contributed by atoms with Gasteiger partial charge in [-0.25, -0.2) is 14.3 Å². The van der Waals surface area contributed by atoms with Gasteiger partial charge in [-0.05, 0) is 30.3 Å². The Hall–Kier alpha value is -3.22. The van der Waals surface area contributed by atoms with Crippen molar-refractivity contribution in [2.24, 2.45) is 0 Å². The zero-order valence-electron chi connectivity index (χ0n) is 11.7. The Labute approximate surface area is 125 Å². The number of fused-ring (bicyclic) bond motifs is 1. The summed E-state index contributed by atoms with van der Waals surface area (Å²) in [5.74, 6) is -0.746. The van der Waals surface area contributed by atoms with Crippen molar-refractivity contribution in [3.05, 3.63) is 60.0 Å². The van der Waals surface area contributed by atoms with Gasteiger partial charge in [0.25, 0.3) is 5.91 Å². The molecule has 110 valence electrons. The number of aromatic nitrogens is 3. The molecule has 3 rings (SSSR count). The van der Waals surface area contributed by atoms with Crippen molar-refractivity contribution >= 4 is 23.2 Å². The first-order chi connectivity index (χ1) is 10.7. The molecule has 1 amide bonds. The van der Waals surface area contributed by atoms with Crippen LogP contribution in [-0.4, -0.2) is 33.6 Å². The fourth-order valence-electron chi connectivity index (χ4n) is 1.99. The number of nitrogens with zero attached hydrogens (tertiary/aromatic N) is 3. The van der Waals surface area contributed by atoms with Crippen LogP contribution in [0.3, 0.4) is 0 Å². The number of hydrogen-bond donors (Lipinski definition) is 1. The summed E-state index contributed by atoms with van der Waals surface area (Å²) in [6.45, 7) is 0. The molecule has 0 saturated heterocycles. The summed E-state index contributed by atoms with van der Waals surface area (Å²) in [6, 6.07) is 8.14. The van der Waals surface area contributed by atoms with Crippen LogP contribution in [0.1, 0.15) is 20.7 Å². The highest BCUT2D eigenvalue weighted by Gasteiger charge is 2.14. The highest BCUT2D eigenvalue weighted by atomic mass is 16.5. The lowest BCUT2D eigenvalue weighted by molar-refractivity contribution is 0.0600. The van der Waals surface area contributed by atoms with Gasteiger partial charge in [0.2, 0.25) is 0 Å². The van der Waals surface area contributed by atoms with Crippen molar-refractivity contribution in [1.82, 2.24) is 14.6 Å². The van der Waals surface area contributed by atoms with Crippen molar-refractivity contribution in [2.75, 3.05) is 12.4 Å². The maximum atomic E-state index is 12.3. The third kappa shape index (κ3) is 2.51. The van der Waals surface area contributed by atoms with E-state index in [0.717, 1.165) is 0 Å².